The summed E-state index contributed by atoms with van der Waals surface area (Å²) >= 11 is 0. The third-order valence-corrected chi connectivity index (χ3v) is 2.25. The van der Waals surface area contributed by atoms with Crippen molar-refractivity contribution in [3.63, 3.8) is 0 Å². The van der Waals surface area contributed by atoms with Crippen molar-refractivity contribution in [2.24, 2.45) is 5.73 Å². The zero-order chi connectivity index (χ0) is 11.4. The molecular weight excluding hydrogens is 216 g/mol. The first-order valence-electron chi connectivity index (χ1n) is 4.98. The van der Waals surface area contributed by atoms with E-state index >= 15 is 0 Å². The lowest BCUT2D eigenvalue weighted by atomic mass is 10.2. The number of rotatable bonds is 2. The van der Waals surface area contributed by atoms with Gasteiger partial charge in [-0.3, -0.25) is 4.90 Å². The molecule has 0 aliphatic heterocycles. The van der Waals surface area contributed by atoms with Crippen LogP contribution in [0.25, 0.3) is 0 Å². The van der Waals surface area contributed by atoms with Gasteiger partial charge in [-0.25, -0.2) is 4.79 Å². The van der Waals surface area contributed by atoms with Crippen molar-refractivity contribution >= 4 is 17.4 Å². The number of primary amides is 1. The maximum atomic E-state index is 11.4. The Morgan fingerprint density at radius 3 is 1.47 bits per heavy atom. The van der Waals surface area contributed by atoms with Gasteiger partial charge in [0.25, 0.3) is 0 Å². The third kappa shape index (κ3) is 2.83. The molecule has 2 rings (SSSR count). The van der Waals surface area contributed by atoms with Crippen LogP contribution in [0.2, 0.25) is 0 Å². The van der Waals surface area contributed by atoms with Crippen molar-refractivity contribution in [2.75, 3.05) is 4.90 Å². The number of hydrogen-bond donors (Lipinski definition) is 1. The van der Waals surface area contributed by atoms with Crippen LogP contribution in [0.4, 0.5) is 16.2 Å². The lowest BCUT2D eigenvalue weighted by Crippen LogP contribution is -2.31. The minimum Gasteiger partial charge on any atom is -0.412 e. The molecule has 2 amide bonds. The Morgan fingerprint density at radius 2 is 1.18 bits per heavy atom. The fourth-order valence-electron chi connectivity index (χ4n) is 1.56. The van der Waals surface area contributed by atoms with E-state index < -0.39 is 6.03 Å². The van der Waals surface area contributed by atoms with Crippen LogP contribution in [0, 0.1) is 0 Å². The highest BCUT2D eigenvalue weighted by Crippen LogP contribution is 2.23. The van der Waals surface area contributed by atoms with Crippen molar-refractivity contribution in [3.8, 4) is 0 Å². The van der Waals surface area contributed by atoms with Gasteiger partial charge in [0.2, 0.25) is 0 Å². The molecule has 0 bridgehead atoms. The molecule has 0 aromatic heterocycles. The lowest BCUT2D eigenvalue weighted by Gasteiger charge is -2.20. The Labute approximate surface area is 99.6 Å². The molecule has 0 radical (unpaired) electrons. The summed E-state index contributed by atoms with van der Waals surface area (Å²) in [4.78, 5) is 12.9. The quantitative estimate of drug-likeness (QED) is 0.842. The molecule has 0 unspecified atom stereocenters. The molecule has 0 spiro atoms. The van der Waals surface area contributed by atoms with Crippen LogP contribution in [-0.4, -0.2) is 11.5 Å². The van der Waals surface area contributed by atoms with E-state index in [9.17, 15) is 4.79 Å². The number of para-hydroxylation sites is 2. The maximum Gasteiger partial charge on any atom is 0.323 e. The molecule has 4 N–H and O–H groups in total. The largest absolute Gasteiger partial charge is 0.412 e. The highest BCUT2D eigenvalue weighted by Gasteiger charge is 2.13. The number of urea groups is 1. The summed E-state index contributed by atoms with van der Waals surface area (Å²) in [6.07, 6.45) is 0. The second-order valence-corrected chi connectivity index (χ2v) is 3.34. The number of hydrogen-bond acceptors (Lipinski definition) is 1. The molecule has 2 aromatic rings. The van der Waals surface area contributed by atoms with Crippen molar-refractivity contribution in [1.82, 2.24) is 0 Å². The third-order valence-electron chi connectivity index (χ3n) is 2.25. The molecular formula is C13H14N2O2. The molecule has 0 fully saturated rings. The molecule has 0 aliphatic carbocycles. The minimum atomic E-state index is -0.489. The SMILES string of the molecule is NC(=O)N(c1ccccc1)c1ccccc1.O. The Kier molecular flexibility index (Phi) is 4.25. The van der Waals surface area contributed by atoms with E-state index in [-0.39, 0.29) is 5.48 Å². The molecule has 0 heterocycles. The Bertz CT molecular complexity index is 432. The molecule has 2 aromatic carbocycles. The number of nitrogens with two attached hydrogens (primary N) is 1. The van der Waals surface area contributed by atoms with Gasteiger partial charge in [0.15, 0.2) is 0 Å². The van der Waals surface area contributed by atoms with Gasteiger partial charge < -0.3 is 11.2 Å². The van der Waals surface area contributed by atoms with Crippen molar-refractivity contribution < 1.29 is 10.3 Å². The summed E-state index contributed by atoms with van der Waals surface area (Å²) in [7, 11) is 0. The zero-order valence-electron chi connectivity index (χ0n) is 9.21. The van der Waals surface area contributed by atoms with E-state index in [2.05, 4.69) is 0 Å². The van der Waals surface area contributed by atoms with Crippen molar-refractivity contribution in [1.29, 1.82) is 0 Å². The average Bonchev–Trinajstić information content (AvgIpc) is 2.31. The molecule has 88 valence electrons. The second kappa shape index (κ2) is 5.67. The number of anilines is 2. The Morgan fingerprint density at radius 1 is 0.824 bits per heavy atom. The Balaban J connectivity index is 0.00000144. The predicted octanol–water partition coefficient (Wildman–Crippen LogP) is 2.08. The summed E-state index contributed by atoms with van der Waals surface area (Å²) in [5, 5.41) is 0. The van der Waals surface area contributed by atoms with Gasteiger partial charge in [-0.05, 0) is 24.3 Å². The first-order chi connectivity index (χ1) is 7.79. The van der Waals surface area contributed by atoms with E-state index in [0.29, 0.717) is 0 Å². The molecule has 0 saturated carbocycles. The molecule has 4 nitrogen and oxygen atoms in total. The first kappa shape index (κ1) is 12.7. The average molecular weight is 230 g/mol. The lowest BCUT2D eigenvalue weighted by molar-refractivity contribution is 0.256. The van der Waals surface area contributed by atoms with Crippen molar-refractivity contribution in [3.05, 3.63) is 60.7 Å². The van der Waals surface area contributed by atoms with Gasteiger partial charge in [0, 0.05) is 0 Å². The van der Waals surface area contributed by atoms with Gasteiger partial charge in [0.1, 0.15) is 0 Å². The highest BCUT2D eigenvalue weighted by molar-refractivity contribution is 5.98. The van der Waals surface area contributed by atoms with Crippen LogP contribution in [0.5, 0.6) is 0 Å². The number of carbonyl (C=O) groups excluding carboxylic acids is 1. The summed E-state index contributed by atoms with van der Waals surface area (Å²) in [6, 6.07) is 18.2. The minimum absolute atomic E-state index is 0. The molecule has 17 heavy (non-hydrogen) atoms. The summed E-state index contributed by atoms with van der Waals surface area (Å²) in [6.45, 7) is 0. The molecule has 0 saturated heterocycles. The smallest absolute Gasteiger partial charge is 0.323 e. The second-order valence-electron chi connectivity index (χ2n) is 3.34. The first-order valence-corrected chi connectivity index (χ1v) is 4.98. The van der Waals surface area contributed by atoms with E-state index in [1.165, 1.54) is 4.90 Å². The van der Waals surface area contributed by atoms with Crippen LogP contribution in [0.15, 0.2) is 60.7 Å². The van der Waals surface area contributed by atoms with Crippen LogP contribution in [0.1, 0.15) is 0 Å². The number of benzene rings is 2. The summed E-state index contributed by atoms with van der Waals surface area (Å²) < 4.78 is 0. The van der Waals surface area contributed by atoms with E-state index in [4.69, 9.17) is 5.73 Å². The van der Waals surface area contributed by atoms with Crippen LogP contribution in [0.3, 0.4) is 0 Å². The van der Waals surface area contributed by atoms with Crippen LogP contribution in [-0.2, 0) is 0 Å². The van der Waals surface area contributed by atoms with Gasteiger partial charge in [0.05, 0.1) is 11.4 Å². The van der Waals surface area contributed by atoms with Gasteiger partial charge in [-0.2, -0.15) is 0 Å². The van der Waals surface area contributed by atoms with E-state index in [1.807, 2.05) is 60.7 Å². The van der Waals surface area contributed by atoms with E-state index in [1.54, 1.807) is 0 Å². The predicted molar refractivity (Wildman–Crippen MR) is 68.2 cm³/mol. The fraction of sp³-hybridized carbons (Fsp3) is 0. The van der Waals surface area contributed by atoms with Gasteiger partial charge >= 0.3 is 6.03 Å². The zero-order valence-corrected chi connectivity index (χ0v) is 9.21. The maximum absolute atomic E-state index is 11.4. The summed E-state index contributed by atoms with van der Waals surface area (Å²) in [5.41, 5.74) is 6.92. The monoisotopic (exact) mass is 230 g/mol. The van der Waals surface area contributed by atoms with Gasteiger partial charge in [-0.15, -0.1) is 0 Å². The van der Waals surface area contributed by atoms with Gasteiger partial charge in [-0.1, -0.05) is 36.4 Å². The fourth-order valence-corrected chi connectivity index (χ4v) is 1.56. The summed E-state index contributed by atoms with van der Waals surface area (Å²) in [5.74, 6) is 0. The standard InChI is InChI=1S/C13H12N2O.H2O/c14-13(16)15(11-7-3-1-4-8-11)12-9-5-2-6-10-12;/h1-10H,(H2,14,16);1H2. The number of nitrogens with zero attached hydrogens (tertiary/aromatic N) is 1. The van der Waals surface area contributed by atoms with Crippen LogP contribution < -0.4 is 10.6 Å². The number of carbonyl (C=O) groups is 1. The highest BCUT2D eigenvalue weighted by atomic mass is 16.2. The van der Waals surface area contributed by atoms with Crippen LogP contribution >= 0.6 is 0 Å². The number of amides is 2. The normalized spacial score (nSPS) is 9.18. The van der Waals surface area contributed by atoms with E-state index in [0.717, 1.165) is 11.4 Å². The topological polar surface area (TPSA) is 77.8 Å². The molecule has 0 aliphatic rings. The van der Waals surface area contributed by atoms with Crippen molar-refractivity contribution in [2.45, 2.75) is 0 Å². The Hall–Kier alpha value is -2.33. The molecule has 0 atom stereocenters. The molecule has 4 heteroatoms.